The van der Waals surface area contributed by atoms with E-state index in [0.717, 1.165) is 11.5 Å². The molecule has 1 aromatic heterocycles. The average molecular weight is 355 g/mol. The number of ether oxygens (including phenoxy) is 1. The summed E-state index contributed by atoms with van der Waals surface area (Å²) in [6, 6.07) is 1.46. The summed E-state index contributed by atoms with van der Waals surface area (Å²) < 4.78 is 39.0. The van der Waals surface area contributed by atoms with Gasteiger partial charge >= 0.3 is 0 Å². The van der Waals surface area contributed by atoms with Crippen LogP contribution in [0.25, 0.3) is 11.3 Å². The Kier molecular flexibility index (Phi) is 4.80. The van der Waals surface area contributed by atoms with Gasteiger partial charge in [-0.15, -0.1) is 5.10 Å². The Morgan fingerprint density at radius 1 is 1.29 bits per heavy atom. The summed E-state index contributed by atoms with van der Waals surface area (Å²) in [7, 11) is 0. The van der Waals surface area contributed by atoms with Crippen LogP contribution < -0.4 is 4.90 Å². The van der Waals surface area contributed by atoms with Gasteiger partial charge in [0.1, 0.15) is 5.69 Å². The molecule has 0 spiro atoms. The van der Waals surface area contributed by atoms with Crippen LogP contribution in [0.1, 0.15) is 24.3 Å². The van der Waals surface area contributed by atoms with Crippen molar-refractivity contribution in [3.05, 3.63) is 28.1 Å². The first-order chi connectivity index (χ1) is 11.4. The van der Waals surface area contributed by atoms with Gasteiger partial charge in [0.25, 0.3) is 0 Å². The summed E-state index contributed by atoms with van der Waals surface area (Å²) >= 11 is 1.12. The maximum Gasteiger partial charge on any atom is 0.183 e. The number of morpholine rings is 1. The third-order valence-corrected chi connectivity index (χ3v) is 4.70. The first-order valence-electron chi connectivity index (χ1n) is 7.73. The number of rotatable bonds is 3. The first-order valence-corrected chi connectivity index (χ1v) is 8.51. The zero-order chi connectivity index (χ0) is 17.4. The Hall–Kier alpha value is -1.64. The van der Waals surface area contributed by atoms with Crippen LogP contribution in [0.4, 0.5) is 14.5 Å². The van der Waals surface area contributed by atoms with E-state index < -0.39 is 18.2 Å². The lowest BCUT2D eigenvalue weighted by Gasteiger charge is -2.38. The number of aliphatic hydroxyl groups is 1. The van der Waals surface area contributed by atoms with E-state index in [9.17, 15) is 13.9 Å². The van der Waals surface area contributed by atoms with Gasteiger partial charge in [-0.3, -0.25) is 0 Å². The highest BCUT2D eigenvalue weighted by Gasteiger charge is 2.29. The van der Waals surface area contributed by atoms with Gasteiger partial charge in [-0.2, -0.15) is 0 Å². The maximum atomic E-state index is 14.9. The number of aryl methyl sites for hydroxylation is 1. The minimum Gasteiger partial charge on any atom is -0.392 e. The minimum absolute atomic E-state index is 0.0286. The number of benzene rings is 1. The van der Waals surface area contributed by atoms with Crippen molar-refractivity contribution in [3.8, 4) is 11.3 Å². The van der Waals surface area contributed by atoms with Crippen molar-refractivity contribution < 1.29 is 18.6 Å². The molecule has 24 heavy (non-hydrogen) atoms. The first kappa shape index (κ1) is 17.2. The minimum atomic E-state index is -0.968. The van der Waals surface area contributed by atoms with Crippen LogP contribution in [-0.4, -0.2) is 40.0 Å². The molecule has 0 radical (unpaired) electrons. The highest BCUT2D eigenvalue weighted by Crippen LogP contribution is 2.36. The second-order valence-electron chi connectivity index (χ2n) is 6.06. The monoisotopic (exact) mass is 355 g/mol. The van der Waals surface area contributed by atoms with Crippen LogP contribution in [-0.2, 0) is 11.3 Å². The van der Waals surface area contributed by atoms with Crippen molar-refractivity contribution in [2.24, 2.45) is 0 Å². The molecule has 130 valence electrons. The molecule has 0 bridgehead atoms. The molecule has 0 amide bonds. The number of anilines is 1. The molecule has 1 N–H and O–H groups in total. The molecule has 1 aromatic carbocycles. The molecule has 2 atom stereocenters. The van der Waals surface area contributed by atoms with E-state index >= 15 is 0 Å². The molecule has 0 aliphatic carbocycles. The number of halogens is 2. The van der Waals surface area contributed by atoms with Gasteiger partial charge in [-0.25, -0.2) is 8.78 Å². The fraction of sp³-hybridized carbons (Fsp3) is 0.500. The van der Waals surface area contributed by atoms with Gasteiger partial charge in [0, 0.05) is 24.2 Å². The molecule has 8 heteroatoms. The number of hydrogen-bond donors (Lipinski definition) is 1. The van der Waals surface area contributed by atoms with Crippen molar-refractivity contribution in [3.63, 3.8) is 0 Å². The van der Waals surface area contributed by atoms with E-state index in [1.54, 1.807) is 11.8 Å². The van der Waals surface area contributed by atoms with Crippen molar-refractivity contribution in [2.75, 3.05) is 18.0 Å². The summed E-state index contributed by atoms with van der Waals surface area (Å²) in [5, 5.41) is 13.6. The molecule has 2 aromatic rings. The van der Waals surface area contributed by atoms with Crippen LogP contribution in [0.3, 0.4) is 0 Å². The number of aliphatic hydroxyl groups excluding tert-OH is 1. The van der Waals surface area contributed by atoms with E-state index in [2.05, 4.69) is 9.59 Å². The number of hydrogen-bond acceptors (Lipinski definition) is 6. The zero-order valence-corrected chi connectivity index (χ0v) is 14.5. The van der Waals surface area contributed by atoms with E-state index in [1.165, 1.54) is 6.07 Å². The van der Waals surface area contributed by atoms with Crippen LogP contribution in [0, 0.1) is 18.6 Å². The maximum absolute atomic E-state index is 14.9. The Morgan fingerprint density at radius 2 is 1.96 bits per heavy atom. The standard InChI is InChI=1S/C16H19F2N3O2S/c1-8-5-21(6-9(2)23-8)16-11(7-22)4-12(13(17)14(16)18)15-10(3)24-20-19-15/h4,8-9,22H,5-7H2,1-3H3. The molecule has 1 fully saturated rings. The summed E-state index contributed by atoms with van der Waals surface area (Å²) in [4.78, 5) is 2.43. The fourth-order valence-corrected chi connectivity index (χ4v) is 3.63. The fourth-order valence-electron chi connectivity index (χ4n) is 3.14. The van der Waals surface area contributed by atoms with Gasteiger partial charge in [-0.05, 0) is 38.4 Å². The van der Waals surface area contributed by atoms with E-state index in [0.29, 0.717) is 29.2 Å². The Bertz CT molecular complexity index is 743. The van der Waals surface area contributed by atoms with Crippen LogP contribution in [0.2, 0.25) is 0 Å². The molecule has 0 saturated carbocycles. The average Bonchev–Trinajstić information content (AvgIpc) is 2.94. The summed E-state index contributed by atoms with van der Waals surface area (Å²) in [6.07, 6.45) is -0.208. The molecular weight excluding hydrogens is 336 g/mol. The number of nitrogens with zero attached hydrogens (tertiary/aromatic N) is 3. The molecule has 5 nitrogen and oxygen atoms in total. The zero-order valence-electron chi connectivity index (χ0n) is 13.7. The molecular formula is C16H19F2N3O2S. The predicted octanol–water partition coefficient (Wildman–Crippen LogP) is 2.90. The van der Waals surface area contributed by atoms with Gasteiger partial charge in [0.05, 0.1) is 29.4 Å². The predicted molar refractivity (Wildman–Crippen MR) is 88.1 cm³/mol. The topological polar surface area (TPSA) is 58.5 Å². The Labute approximate surface area is 143 Å². The van der Waals surface area contributed by atoms with Crippen molar-refractivity contribution in [1.82, 2.24) is 9.59 Å². The molecule has 2 heterocycles. The molecule has 1 aliphatic heterocycles. The molecule has 3 rings (SSSR count). The van der Waals surface area contributed by atoms with Crippen LogP contribution >= 0.6 is 11.5 Å². The van der Waals surface area contributed by atoms with Crippen molar-refractivity contribution in [1.29, 1.82) is 0 Å². The highest BCUT2D eigenvalue weighted by atomic mass is 32.1. The van der Waals surface area contributed by atoms with Crippen molar-refractivity contribution >= 4 is 17.2 Å². The lowest BCUT2D eigenvalue weighted by atomic mass is 10.0. The van der Waals surface area contributed by atoms with Crippen LogP contribution in [0.5, 0.6) is 0 Å². The third kappa shape index (κ3) is 3.01. The molecule has 1 saturated heterocycles. The largest absolute Gasteiger partial charge is 0.392 e. The van der Waals surface area contributed by atoms with Gasteiger partial charge in [0.15, 0.2) is 11.6 Å². The normalized spacial score (nSPS) is 21.3. The molecule has 2 unspecified atom stereocenters. The summed E-state index contributed by atoms with van der Waals surface area (Å²) in [5.74, 6) is -1.94. The molecule has 1 aliphatic rings. The van der Waals surface area contributed by atoms with Crippen molar-refractivity contribution in [2.45, 2.75) is 39.6 Å². The third-order valence-electron chi connectivity index (χ3n) is 4.07. The lowest BCUT2D eigenvalue weighted by molar-refractivity contribution is -0.00553. The second kappa shape index (κ2) is 6.70. The number of aromatic nitrogens is 2. The quantitative estimate of drug-likeness (QED) is 0.917. The van der Waals surface area contributed by atoms with Gasteiger partial charge in [0.2, 0.25) is 0 Å². The van der Waals surface area contributed by atoms with E-state index in [4.69, 9.17) is 4.74 Å². The Morgan fingerprint density at radius 3 is 2.50 bits per heavy atom. The Balaban J connectivity index is 2.11. The lowest BCUT2D eigenvalue weighted by Crippen LogP contribution is -2.46. The van der Waals surface area contributed by atoms with Gasteiger partial charge in [-0.1, -0.05) is 4.49 Å². The summed E-state index contributed by atoms with van der Waals surface area (Å²) in [6.45, 7) is 5.99. The SMILES string of the molecule is Cc1snnc1-c1cc(CO)c(N2CC(C)OC(C)C2)c(F)c1F. The smallest absolute Gasteiger partial charge is 0.183 e. The van der Waals surface area contributed by atoms with E-state index in [-0.39, 0.29) is 23.5 Å². The summed E-state index contributed by atoms with van der Waals surface area (Å²) in [5.41, 5.74) is 0.765. The van der Waals surface area contributed by atoms with E-state index in [1.807, 2.05) is 13.8 Å². The van der Waals surface area contributed by atoms with Gasteiger partial charge < -0.3 is 14.7 Å². The highest BCUT2D eigenvalue weighted by molar-refractivity contribution is 7.05. The van der Waals surface area contributed by atoms with Crippen LogP contribution in [0.15, 0.2) is 6.07 Å². The second-order valence-corrected chi connectivity index (χ2v) is 7.02.